The van der Waals surface area contributed by atoms with E-state index in [4.69, 9.17) is 0 Å². The molecule has 0 atom stereocenters. The molecule has 1 aliphatic heterocycles. The quantitative estimate of drug-likeness (QED) is 0.552. The van der Waals surface area contributed by atoms with Gasteiger partial charge in [0.15, 0.2) is 0 Å². The van der Waals surface area contributed by atoms with Gasteiger partial charge in [-0.2, -0.15) is 0 Å². The largest absolute Gasteiger partial charge is 0.386 e. The molecule has 0 saturated carbocycles. The lowest BCUT2D eigenvalue weighted by Crippen LogP contribution is -2.21. The minimum Gasteiger partial charge on any atom is -0.386 e. The van der Waals surface area contributed by atoms with Gasteiger partial charge in [-0.15, -0.1) is 0 Å². The standard InChI is InChI=1S/C14H8O3/c15-13-10-7-4-8-11(14(16)17-13)12(10)9-5-2-1-3-6-9/h1-8H. The van der Waals surface area contributed by atoms with Crippen LogP contribution < -0.4 is 0 Å². The predicted octanol–water partition coefficient (Wildman–Crippen LogP) is 2.66. The summed E-state index contributed by atoms with van der Waals surface area (Å²) in [5.41, 5.74) is 2.39. The van der Waals surface area contributed by atoms with Crippen LogP contribution >= 0.6 is 0 Å². The summed E-state index contributed by atoms with van der Waals surface area (Å²) in [6.45, 7) is 0. The van der Waals surface area contributed by atoms with Crippen LogP contribution in [0.2, 0.25) is 0 Å². The maximum absolute atomic E-state index is 11.6. The zero-order valence-electron chi connectivity index (χ0n) is 8.84. The van der Waals surface area contributed by atoms with Gasteiger partial charge in [0.2, 0.25) is 0 Å². The van der Waals surface area contributed by atoms with Gasteiger partial charge in [0, 0.05) is 5.56 Å². The third kappa shape index (κ3) is 1.44. The number of fused-ring (bicyclic) bond motifs is 2. The molecule has 2 aromatic rings. The highest BCUT2D eigenvalue weighted by Gasteiger charge is 2.29. The fourth-order valence-electron chi connectivity index (χ4n) is 2.00. The van der Waals surface area contributed by atoms with Gasteiger partial charge in [0.1, 0.15) is 0 Å². The smallest absolute Gasteiger partial charge is 0.346 e. The van der Waals surface area contributed by atoms with Gasteiger partial charge in [-0.1, -0.05) is 36.4 Å². The number of benzene rings is 2. The van der Waals surface area contributed by atoms with Gasteiger partial charge >= 0.3 is 11.9 Å². The second kappa shape index (κ2) is 3.56. The van der Waals surface area contributed by atoms with Crippen LogP contribution in [0.15, 0.2) is 48.5 Å². The molecule has 0 fully saturated rings. The number of carbonyl (C=O) groups is 2. The fourth-order valence-corrected chi connectivity index (χ4v) is 2.00. The van der Waals surface area contributed by atoms with E-state index in [1.807, 2.05) is 30.3 Å². The van der Waals surface area contributed by atoms with Crippen LogP contribution in [0.25, 0.3) is 11.1 Å². The van der Waals surface area contributed by atoms with Crippen LogP contribution in [0.3, 0.4) is 0 Å². The number of hydrogen-bond acceptors (Lipinski definition) is 3. The molecular weight excluding hydrogens is 216 g/mol. The van der Waals surface area contributed by atoms with Crippen molar-refractivity contribution < 1.29 is 14.3 Å². The molecule has 17 heavy (non-hydrogen) atoms. The molecule has 0 amide bonds. The first-order valence-electron chi connectivity index (χ1n) is 5.22. The van der Waals surface area contributed by atoms with Gasteiger partial charge < -0.3 is 4.74 Å². The third-order valence-corrected chi connectivity index (χ3v) is 2.75. The van der Waals surface area contributed by atoms with Gasteiger partial charge in [-0.3, -0.25) is 0 Å². The van der Waals surface area contributed by atoms with Crippen molar-refractivity contribution >= 4 is 11.9 Å². The van der Waals surface area contributed by atoms with E-state index in [1.165, 1.54) is 0 Å². The normalized spacial score (nSPS) is 13.4. The molecule has 0 radical (unpaired) electrons. The summed E-state index contributed by atoms with van der Waals surface area (Å²) in [6, 6.07) is 14.4. The Hall–Kier alpha value is -2.42. The molecule has 3 heteroatoms. The second-order valence-corrected chi connectivity index (χ2v) is 3.77. The predicted molar refractivity (Wildman–Crippen MR) is 61.6 cm³/mol. The Morgan fingerprint density at radius 2 is 1.29 bits per heavy atom. The molecule has 2 aromatic carbocycles. The molecule has 82 valence electrons. The van der Waals surface area contributed by atoms with Gasteiger partial charge in [-0.25, -0.2) is 9.59 Å². The minimum atomic E-state index is -0.582. The Labute approximate surface area is 97.6 Å². The summed E-state index contributed by atoms with van der Waals surface area (Å²) >= 11 is 0. The van der Waals surface area contributed by atoms with Gasteiger partial charge in [0.25, 0.3) is 0 Å². The fraction of sp³-hybridized carbons (Fsp3) is 0. The second-order valence-electron chi connectivity index (χ2n) is 3.77. The first kappa shape index (κ1) is 9.78. The zero-order valence-corrected chi connectivity index (χ0v) is 8.84. The van der Waals surface area contributed by atoms with Crippen molar-refractivity contribution in [3.8, 4) is 11.1 Å². The molecule has 2 bridgehead atoms. The van der Waals surface area contributed by atoms with Crippen molar-refractivity contribution in [2.24, 2.45) is 0 Å². The van der Waals surface area contributed by atoms with E-state index in [0.29, 0.717) is 16.7 Å². The Balaban J connectivity index is 2.33. The molecule has 0 unspecified atom stereocenters. The molecule has 3 rings (SSSR count). The van der Waals surface area contributed by atoms with E-state index in [-0.39, 0.29) is 0 Å². The Kier molecular flexibility index (Phi) is 2.05. The zero-order chi connectivity index (χ0) is 11.8. The molecule has 0 saturated heterocycles. The maximum atomic E-state index is 11.6. The van der Waals surface area contributed by atoms with Crippen LogP contribution in [-0.4, -0.2) is 11.9 Å². The van der Waals surface area contributed by atoms with Crippen LogP contribution in [0.4, 0.5) is 0 Å². The highest BCUT2D eigenvalue weighted by molar-refractivity contribution is 6.15. The summed E-state index contributed by atoms with van der Waals surface area (Å²) < 4.78 is 4.65. The van der Waals surface area contributed by atoms with Crippen molar-refractivity contribution in [1.82, 2.24) is 0 Å². The summed E-state index contributed by atoms with van der Waals surface area (Å²) in [5, 5.41) is 0. The molecule has 3 nitrogen and oxygen atoms in total. The summed E-state index contributed by atoms with van der Waals surface area (Å²) in [5.74, 6) is -1.16. The lowest BCUT2D eigenvalue weighted by Gasteiger charge is -2.17. The molecular formula is C14H8O3. The third-order valence-electron chi connectivity index (χ3n) is 2.75. The highest BCUT2D eigenvalue weighted by Crippen LogP contribution is 2.32. The maximum Gasteiger partial charge on any atom is 0.346 e. The molecule has 0 aliphatic carbocycles. The van der Waals surface area contributed by atoms with Crippen molar-refractivity contribution in [3.05, 3.63) is 59.7 Å². The molecule has 0 aromatic heterocycles. The van der Waals surface area contributed by atoms with Crippen molar-refractivity contribution in [2.45, 2.75) is 0 Å². The van der Waals surface area contributed by atoms with E-state index in [9.17, 15) is 9.59 Å². The number of ether oxygens (including phenoxy) is 1. The van der Waals surface area contributed by atoms with Gasteiger partial charge in [0.05, 0.1) is 11.1 Å². The lowest BCUT2D eigenvalue weighted by molar-refractivity contribution is 0.0387. The Morgan fingerprint density at radius 1 is 0.706 bits per heavy atom. The number of rotatable bonds is 1. The van der Waals surface area contributed by atoms with Crippen LogP contribution in [0.1, 0.15) is 20.7 Å². The topological polar surface area (TPSA) is 43.4 Å². The molecule has 1 aliphatic rings. The summed E-state index contributed by atoms with van der Waals surface area (Å²) in [4.78, 5) is 23.2. The van der Waals surface area contributed by atoms with E-state index < -0.39 is 11.9 Å². The van der Waals surface area contributed by atoms with Crippen molar-refractivity contribution in [2.75, 3.05) is 0 Å². The first-order chi connectivity index (χ1) is 8.27. The SMILES string of the molecule is O=C1OC(=O)c2cccc1c2-c1ccccc1. The summed E-state index contributed by atoms with van der Waals surface area (Å²) in [7, 11) is 0. The first-order valence-corrected chi connectivity index (χ1v) is 5.22. The van der Waals surface area contributed by atoms with Crippen molar-refractivity contribution in [3.63, 3.8) is 0 Å². The number of cyclic esters (lactones) is 2. The average Bonchev–Trinajstić information content (AvgIpc) is 2.37. The molecule has 0 spiro atoms. The van der Waals surface area contributed by atoms with Crippen molar-refractivity contribution in [1.29, 1.82) is 0 Å². The highest BCUT2D eigenvalue weighted by atomic mass is 16.6. The number of carbonyl (C=O) groups excluding carboxylic acids is 2. The minimum absolute atomic E-state index is 0.438. The average molecular weight is 224 g/mol. The lowest BCUT2D eigenvalue weighted by atomic mass is 9.93. The van der Waals surface area contributed by atoms with E-state index in [1.54, 1.807) is 18.2 Å². The van der Waals surface area contributed by atoms with E-state index in [2.05, 4.69) is 4.74 Å². The summed E-state index contributed by atoms with van der Waals surface area (Å²) in [6.07, 6.45) is 0. The monoisotopic (exact) mass is 224 g/mol. The van der Waals surface area contributed by atoms with E-state index in [0.717, 1.165) is 5.56 Å². The Morgan fingerprint density at radius 3 is 1.88 bits per heavy atom. The van der Waals surface area contributed by atoms with Gasteiger partial charge in [-0.05, 0) is 17.7 Å². The van der Waals surface area contributed by atoms with Crippen LogP contribution in [0.5, 0.6) is 0 Å². The van der Waals surface area contributed by atoms with E-state index >= 15 is 0 Å². The molecule has 0 N–H and O–H groups in total. The van der Waals surface area contributed by atoms with Crippen LogP contribution in [-0.2, 0) is 4.74 Å². The van der Waals surface area contributed by atoms with Crippen LogP contribution in [0, 0.1) is 0 Å². The number of esters is 2. The molecule has 1 heterocycles. The number of hydrogen-bond donors (Lipinski definition) is 0. The Bertz CT molecular complexity index is 582.